The van der Waals surface area contributed by atoms with Crippen molar-refractivity contribution >= 4 is 11.6 Å². The van der Waals surface area contributed by atoms with Gasteiger partial charge in [-0.05, 0) is 49.4 Å². The molecule has 1 saturated heterocycles. The molecule has 1 aromatic rings. The third kappa shape index (κ3) is 6.51. The summed E-state index contributed by atoms with van der Waals surface area (Å²) in [5.41, 5.74) is 0.962. The number of hydrogen-bond acceptors (Lipinski definition) is 3. The summed E-state index contributed by atoms with van der Waals surface area (Å²) in [7, 11) is 0. The summed E-state index contributed by atoms with van der Waals surface area (Å²) in [6.07, 6.45) is 5.82. The van der Waals surface area contributed by atoms with E-state index in [9.17, 15) is 4.79 Å². The first-order chi connectivity index (χ1) is 11.1. The Balaban J connectivity index is 1.73. The lowest BCUT2D eigenvalue weighted by Crippen LogP contribution is -2.36. The number of carbonyl (C=O) groups is 1. The fourth-order valence-corrected chi connectivity index (χ4v) is 2.69. The minimum atomic E-state index is 0.198. The molecule has 23 heavy (non-hydrogen) atoms. The number of likely N-dealkylation sites (tertiary alicyclic amines) is 1. The molecular formula is C19H30N2O2. The van der Waals surface area contributed by atoms with E-state index in [-0.39, 0.29) is 5.91 Å². The van der Waals surface area contributed by atoms with Gasteiger partial charge in [0.25, 0.3) is 0 Å². The molecule has 0 bridgehead atoms. The summed E-state index contributed by atoms with van der Waals surface area (Å²) in [5.74, 6) is 1.74. The van der Waals surface area contributed by atoms with Gasteiger partial charge in [0, 0.05) is 18.8 Å². The Morgan fingerprint density at radius 3 is 2.39 bits per heavy atom. The van der Waals surface area contributed by atoms with E-state index in [4.69, 9.17) is 4.74 Å². The van der Waals surface area contributed by atoms with Gasteiger partial charge in [0.15, 0.2) is 0 Å². The second kappa shape index (κ2) is 9.43. The number of rotatable bonds is 7. The number of amides is 1. The predicted molar refractivity (Wildman–Crippen MR) is 94.9 cm³/mol. The van der Waals surface area contributed by atoms with Crippen LogP contribution in [-0.2, 0) is 4.79 Å². The summed E-state index contributed by atoms with van der Waals surface area (Å²) in [6, 6.07) is 7.86. The maximum absolute atomic E-state index is 12.2. The standard InChI is InChI=1S/C19H30N2O2/c1-16(2)11-14-23-18-9-7-17(8-10-18)20-15-19(22)21-12-5-3-4-6-13-21/h7-10,16,20H,3-6,11-15H2,1-2H3. The van der Waals surface area contributed by atoms with Crippen molar-refractivity contribution in [1.29, 1.82) is 0 Å². The van der Waals surface area contributed by atoms with Crippen LogP contribution in [0.15, 0.2) is 24.3 Å². The molecule has 4 heteroatoms. The van der Waals surface area contributed by atoms with Crippen molar-refractivity contribution in [2.45, 2.75) is 46.0 Å². The number of anilines is 1. The fraction of sp³-hybridized carbons (Fsp3) is 0.632. The van der Waals surface area contributed by atoms with Crippen molar-refractivity contribution in [3.8, 4) is 5.75 Å². The SMILES string of the molecule is CC(C)CCOc1ccc(NCC(=O)N2CCCCCC2)cc1. The molecule has 1 amide bonds. The average Bonchev–Trinajstić information content (AvgIpc) is 2.83. The van der Waals surface area contributed by atoms with Crippen LogP contribution in [0.1, 0.15) is 46.0 Å². The molecule has 0 radical (unpaired) electrons. The summed E-state index contributed by atoms with van der Waals surface area (Å²) in [6.45, 7) is 7.31. The molecule has 128 valence electrons. The normalized spacial score (nSPS) is 15.3. The van der Waals surface area contributed by atoms with Crippen LogP contribution in [0, 0.1) is 5.92 Å². The predicted octanol–water partition coefficient (Wildman–Crippen LogP) is 3.93. The lowest BCUT2D eigenvalue weighted by atomic mass is 10.1. The maximum Gasteiger partial charge on any atom is 0.241 e. The average molecular weight is 318 g/mol. The highest BCUT2D eigenvalue weighted by Crippen LogP contribution is 2.16. The van der Waals surface area contributed by atoms with Crippen molar-refractivity contribution < 1.29 is 9.53 Å². The molecule has 1 aliphatic rings. The van der Waals surface area contributed by atoms with Crippen molar-refractivity contribution in [2.24, 2.45) is 5.92 Å². The van der Waals surface area contributed by atoms with Gasteiger partial charge in [0.2, 0.25) is 5.91 Å². The topological polar surface area (TPSA) is 41.6 Å². The molecule has 4 nitrogen and oxygen atoms in total. The first-order valence-corrected chi connectivity index (χ1v) is 8.89. The Morgan fingerprint density at radius 1 is 1.13 bits per heavy atom. The number of nitrogens with zero attached hydrogens (tertiary/aromatic N) is 1. The summed E-state index contributed by atoms with van der Waals surface area (Å²) in [5, 5.41) is 3.22. The largest absolute Gasteiger partial charge is 0.494 e. The zero-order valence-electron chi connectivity index (χ0n) is 14.5. The van der Waals surface area contributed by atoms with Gasteiger partial charge in [-0.3, -0.25) is 4.79 Å². The Labute approximate surface area is 140 Å². The monoisotopic (exact) mass is 318 g/mol. The summed E-state index contributed by atoms with van der Waals surface area (Å²) >= 11 is 0. The second-order valence-electron chi connectivity index (χ2n) is 6.70. The van der Waals surface area contributed by atoms with E-state index >= 15 is 0 Å². The first-order valence-electron chi connectivity index (χ1n) is 8.89. The molecule has 0 unspecified atom stereocenters. The number of benzene rings is 1. The van der Waals surface area contributed by atoms with Gasteiger partial charge in [-0.15, -0.1) is 0 Å². The minimum Gasteiger partial charge on any atom is -0.494 e. The third-order valence-corrected chi connectivity index (χ3v) is 4.22. The quantitative estimate of drug-likeness (QED) is 0.828. The second-order valence-corrected chi connectivity index (χ2v) is 6.70. The molecule has 0 saturated carbocycles. The molecule has 2 rings (SSSR count). The molecule has 1 fully saturated rings. The van der Waals surface area contributed by atoms with E-state index in [1.165, 1.54) is 12.8 Å². The highest BCUT2D eigenvalue weighted by atomic mass is 16.5. The van der Waals surface area contributed by atoms with E-state index in [1.807, 2.05) is 29.2 Å². The van der Waals surface area contributed by atoms with E-state index in [2.05, 4.69) is 19.2 Å². The Hall–Kier alpha value is -1.71. The van der Waals surface area contributed by atoms with Gasteiger partial charge in [0.1, 0.15) is 5.75 Å². The van der Waals surface area contributed by atoms with E-state index in [0.29, 0.717) is 12.5 Å². The molecular weight excluding hydrogens is 288 g/mol. The smallest absolute Gasteiger partial charge is 0.241 e. The van der Waals surface area contributed by atoms with Gasteiger partial charge < -0.3 is 15.0 Å². The van der Waals surface area contributed by atoms with Gasteiger partial charge >= 0.3 is 0 Å². The number of carbonyl (C=O) groups excluding carboxylic acids is 1. The molecule has 1 aliphatic heterocycles. The summed E-state index contributed by atoms with van der Waals surface area (Å²) in [4.78, 5) is 14.2. The molecule has 0 atom stereocenters. The van der Waals surface area contributed by atoms with Crippen molar-refractivity contribution in [1.82, 2.24) is 4.90 Å². The van der Waals surface area contributed by atoms with E-state index in [1.54, 1.807) is 0 Å². The van der Waals surface area contributed by atoms with Crippen LogP contribution in [-0.4, -0.2) is 37.0 Å². The molecule has 0 aliphatic carbocycles. The van der Waals surface area contributed by atoms with Gasteiger partial charge in [-0.1, -0.05) is 26.7 Å². The van der Waals surface area contributed by atoms with Crippen LogP contribution >= 0.6 is 0 Å². The zero-order valence-corrected chi connectivity index (χ0v) is 14.5. The Bertz CT molecular complexity index is 463. The van der Waals surface area contributed by atoms with E-state index < -0.39 is 0 Å². The lowest BCUT2D eigenvalue weighted by molar-refractivity contribution is -0.129. The fourth-order valence-electron chi connectivity index (χ4n) is 2.69. The van der Waals surface area contributed by atoms with Crippen molar-refractivity contribution in [3.05, 3.63) is 24.3 Å². The molecule has 1 N–H and O–H groups in total. The van der Waals surface area contributed by atoms with Crippen molar-refractivity contribution in [3.63, 3.8) is 0 Å². The zero-order chi connectivity index (χ0) is 16.5. The van der Waals surface area contributed by atoms with Crippen molar-refractivity contribution in [2.75, 3.05) is 31.6 Å². The van der Waals surface area contributed by atoms with Crippen LogP contribution in [0.4, 0.5) is 5.69 Å². The molecule has 0 spiro atoms. The Morgan fingerprint density at radius 2 is 1.78 bits per heavy atom. The first kappa shape index (κ1) is 17.6. The number of ether oxygens (including phenoxy) is 1. The van der Waals surface area contributed by atoms with Crippen LogP contribution in [0.25, 0.3) is 0 Å². The lowest BCUT2D eigenvalue weighted by Gasteiger charge is -2.20. The molecule has 1 aromatic carbocycles. The van der Waals surface area contributed by atoms with E-state index in [0.717, 1.165) is 50.4 Å². The number of hydrogen-bond donors (Lipinski definition) is 1. The van der Waals surface area contributed by atoms with Crippen LogP contribution in [0.5, 0.6) is 5.75 Å². The third-order valence-electron chi connectivity index (χ3n) is 4.22. The highest BCUT2D eigenvalue weighted by molar-refractivity contribution is 5.80. The molecule has 1 heterocycles. The minimum absolute atomic E-state index is 0.198. The van der Waals surface area contributed by atoms with Crippen LogP contribution in [0.2, 0.25) is 0 Å². The maximum atomic E-state index is 12.2. The number of nitrogens with one attached hydrogen (secondary N) is 1. The van der Waals surface area contributed by atoms with Gasteiger partial charge in [-0.25, -0.2) is 0 Å². The highest BCUT2D eigenvalue weighted by Gasteiger charge is 2.14. The Kier molecular flexibility index (Phi) is 7.24. The van der Waals surface area contributed by atoms with Gasteiger partial charge in [0.05, 0.1) is 13.2 Å². The molecule has 0 aromatic heterocycles. The van der Waals surface area contributed by atoms with Crippen LogP contribution < -0.4 is 10.1 Å². The van der Waals surface area contributed by atoms with Crippen LogP contribution in [0.3, 0.4) is 0 Å². The van der Waals surface area contributed by atoms with Gasteiger partial charge in [-0.2, -0.15) is 0 Å². The summed E-state index contributed by atoms with van der Waals surface area (Å²) < 4.78 is 5.70.